The van der Waals surface area contributed by atoms with Crippen LogP contribution < -0.4 is 4.74 Å². The smallest absolute Gasteiger partial charge is 0.125 e. The van der Waals surface area contributed by atoms with E-state index in [1.807, 2.05) is 13.8 Å². The molecule has 0 aliphatic rings. The molecule has 1 aromatic carbocycles. The lowest BCUT2D eigenvalue weighted by Gasteiger charge is -2.17. The van der Waals surface area contributed by atoms with Crippen molar-refractivity contribution in [3.8, 4) is 5.75 Å². The number of hydrogen-bond acceptors (Lipinski definition) is 3. The zero-order chi connectivity index (χ0) is 13.7. The minimum Gasteiger partial charge on any atom is -0.493 e. The molecule has 0 heterocycles. The van der Waals surface area contributed by atoms with Crippen molar-refractivity contribution in [1.82, 2.24) is 0 Å². The average molecular weight is 252 g/mol. The van der Waals surface area contributed by atoms with E-state index in [0.29, 0.717) is 19.4 Å². The summed E-state index contributed by atoms with van der Waals surface area (Å²) < 4.78 is 5.67. The first kappa shape index (κ1) is 15.0. The van der Waals surface area contributed by atoms with Gasteiger partial charge in [-0.15, -0.1) is 0 Å². The van der Waals surface area contributed by atoms with Gasteiger partial charge in [-0.2, -0.15) is 0 Å². The lowest BCUT2D eigenvalue weighted by atomic mass is 9.99. The van der Waals surface area contributed by atoms with Gasteiger partial charge in [0.2, 0.25) is 0 Å². The molecule has 1 rings (SSSR count). The lowest BCUT2D eigenvalue weighted by molar-refractivity contribution is 0.0264. The van der Waals surface area contributed by atoms with Crippen LogP contribution in [0.1, 0.15) is 37.0 Å². The molecule has 2 atom stereocenters. The Balaban J connectivity index is 2.85. The first-order valence-corrected chi connectivity index (χ1v) is 6.54. The van der Waals surface area contributed by atoms with Gasteiger partial charge in [-0.1, -0.05) is 17.7 Å². The highest BCUT2D eigenvalue weighted by atomic mass is 16.5. The van der Waals surface area contributed by atoms with E-state index >= 15 is 0 Å². The number of aliphatic hydroxyl groups is 2. The normalized spacial score (nSPS) is 14.3. The van der Waals surface area contributed by atoms with Crippen LogP contribution in [0.2, 0.25) is 0 Å². The summed E-state index contributed by atoms with van der Waals surface area (Å²) in [7, 11) is 0. The van der Waals surface area contributed by atoms with Crippen molar-refractivity contribution in [3.63, 3.8) is 0 Å². The Morgan fingerprint density at radius 1 is 1.22 bits per heavy atom. The van der Waals surface area contributed by atoms with Crippen molar-refractivity contribution in [1.29, 1.82) is 0 Å². The van der Waals surface area contributed by atoms with Crippen molar-refractivity contribution in [3.05, 3.63) is 28.8 Å². The fourth-order valence-corrected chi connectivity index (χ4v) is 2.12. The van der Waals surface area contributed by atoms with E-state index in [-0.39, 0.29) is 0 Å². The van der Waals surface area contributed by atoms with Gasteiger partial charge in [0.05, 0.1) is 18.8 Å². The molecule has 2 N–H and O–H groups in total. The van der Waals surface area contributed by atoms with Crippen molar-refractivity contribution in [2.45, 2.75) is 52.7 Å². The molecule has 3 heteroatoms. The van der Waals surface area contributed by atoms with Crippen LogP contribution in [-0.4, -0.2) is 29.0 Å². The van der Waals surface area contributed by atoms with Gasteiger partial charge in [-0.05, 0) is 51.7 Å². The maximum Gasteiger partial charge on any atom is 0.125 e. The number of hydrogen-bond donors (Lipinski definition) is 2. The van der Waals surface area contributed by atoms with Gasteiger partial charge in [0, 0.05) is 0 Å². The molecule has 0 saturated carbocycles. The molecule has 0 bridgehead atoms. The number of rotatable bonds is 6. The monoisotopic (exact) mass is 252 g/mol. The zero-order valence-corrected chi connectivity index (χ0v) is 11.7. The van der Waals surface area contributed by atoms with Crippen LogP contribution in [-0.2, 0) is 6.42 Å². The molecule has 0 aromatic heterocycles. The second-order valence-electron chi connectivity index (χ2n) is 4.85. The highest BCUT2D eigenvalue weighted by Gasteiger charge is 2.14. The van der Waals surface area contributed by atoms with Crippen LogP contribution in [0.3, 0.4) is 0 Å². The van der Waals surface area contributed by atoms with Crippen molar-refractivity contribution in [2.24, 2.45) is 0 Å². The molecule has 0 aliphatic carbocycles. The Kier molecular flexibility index (Phi) is 5.63. The number of benzene rings is 1. The van der Waals surface area contributed by atoms with Crippen LogP contribution >= 0.6 is 0 Å². The van der Waals surface area contributed by atoms with E-state index in [9.17, 15) is 10.2 Å². The fraction of sp³-hybridized carbons (Fsp3) is 0.600. The summed E-state index contributed by atoms with van der Waals surface area (Å²) >= 11 is 0. The second-order valence-corrected chi connectivity index (χ2v) is 4.85. The predicted octanol–water partition coefficient (Wildman–Crippen LogP) is 2.38. The lowest BCUT2D eigenvalue weighted by Crippen LogP contribution is -2.23. The largest absolute Gasteiger partial charge is 0.493 e. The van der Waals surface area contributed by atoms with E-state index < -0.39 is 12.2 Å². The van der Waals surface area contributed by atoms with Crippen molar-refractivity contribution in [2.75, 3.05) is 6.61 Å². The van der Waals surface area contributed by atoms with Crippen LogP contribution in [0, 0.1) is 13.8 Å². The van der Waals surface area contributed by atoms with Crippen LogP contribution in [0.5, 0.6) is 5.75 Å². The van der Waals surface area contributed by atoms with Crippen LogP contribution in [0.15, 0.2) is 12.1 Å². The number of ether oxygens (including phenoxy) is 1. The summed E-state index contributed by atoms with van der Waals surface area (Å²) in [5.41, 5.74) is 3.42. The average Bonchev–Trinajstić information content (AvgIpc) is 2.29. The molecular weight excluding hydrogens is 228 g/mol. The molecule has 0 fully saturated rings. The van der Waals surface area contributed by atoms with E-state index in [0.717, 1.165) is 16.9 Å². The van der Waals surface area contributed by atoms with Gasteiger partial charge in [0.1, 0.15) is 5.75 Å². The Bertz CT molecular complexity index is 386. The van der Waals surface area contributed by atoms with Gasteiger partial charge < -0.3 is 14.9 Å². The number of aliphatic hydroxyl groups excluding tert-OH is 2. The molecule has 18 heavy (non-hydrogen) atoms. The quantitative estimate of drug-likeness (QED) is 0.817. The number of aryl methyl sites for hydroxylation is 3. The molecule has 2 unspecified atom stereocenters. The molecule has 0 radical (unpaired) electrons. The van der Waals surface area contributed by atoms with E-state index in [1.165, 1.54) is 5.56 Å². The molecule has 1 aromatic rings. The molecule has 0 saturated heterocycles. The summed E-state index contributed by atoms with van der Waals surface area (Å²) in [6.45, 7) is 8.29. The third-order valence-electron chi connectivity index (χ3n) is 3.05. The van der Waals surface area contributed by atoms with Crippen LogP contribution in [0.25, 0.3) is 0 Å². The molecule has 0 aliphatic heterocycles. The Hall–Kier alpha value is -1.06. The molecule has 102 valence electrons. The maximum absolute atomic E-state index is 9.66. The zero-order valence-electron chi connectivity index (χ0n) is 11.7. The van der Waals surface area contributed by atoms with Gasteiger partial charge in [0.25, 0.3) is 0 Å². The standard InChI is InChI=1S/C15H24O3/c1-5-18-15-11(3)8-10(2)9-13(15)6-7-14(17)12(4)16/h8-9,12,14,16-17H,5-7H2,1-4H3. The first-order chi connectivity index (χ1) is 8.45. The minimum absolute atomic E-state index is 0.542. The van der Waals surface area contributed by atoms with Crippen LogP contribution in [0.4, 0.5) is 0 Å². The third kappa shape index (κ3) is 4.00. The third-order valence-corrected chi connectivity index (χ3v) is 3.05. The molecule has 3 nitrogen and oxygen atoms in total. The fourth-order valence-electron chi connectivity index (χ4n) is 2.12. The van der Waals surface area contributed by atoms with Gasteiger partial charge >= 0.3 is 0 Å². The Morgan fingerprint density at radius 2 is 1.89 bits per heavy atom. The summed E-state index contributed by atoms with van der Waals surface area (Å²) in [5, 5.41) is 19.0. The summed E-state index contributed by atoms with van der Waals surface area (Å²) in [4.78, 5) is 0. The molecular formula is C15H24O3. The SMILES string of the molecule is CCOc1c(C)cc(C)cc1CCC(O)C(C)O. The van der Waals surface area contributed by atoms with E-state index in [2.05, 4.69) is 19.1 Å². The molecule has 0 amide bonds. The van der Waals surface area contributed by atoms with Gasteiger partial charge in [-0.25, -0.2) is 0 Å². The highest BCUT2D eigenvalue weighted by molar-refractivity contribution is 5.44. The minimum atomic E-state index is -0.688. The summed E-state index contributed by atoms with van der Waals surface area (Å²) in [6, 6.07) is 4.19. The molecule has 0 spiro atoms. The summed E-state index contributed by atoms with van der Waals surface area (Å²) in [5.74, 6) is 0.917. The van der Waals surface area contributed by atoms with E-state index in [1.54, 1.807) is 6.92 Å². The predicted molar refractivity (Wildman–Crippen MR) is 73.1 cm³/mol. The van der Waals surface area contributed by atoms with E-state index in [4.69, 9.17) is 4.74 Å². The second kappa shape index (κ2) is 6.76. The van der Waals surface area contributed by atoms with Gasteiger partial charge in [-0.3, -0.25) is 0 Å². The summed E-state index contributed by atoms with van der Waals surface area (Å²) in [6.07, 6.45) is -0.114. The Morgan fingerprint density at radius 3 is 2.44 bits per heavy atom. The highest BCUT2D eigenvalue weighted by Crippen LogP contribution is 2.27. The van der Waals surface area contributed by atoms with Gasteiger partial charge in [0.15, 0.2) is 0 Å². The van der Waals surface area contributed by atoms with Crippen molar-refractivity contribution >= 4 is 0 Å². The topological polar surface area (TPSA) is 49.7 Å². The first-order valence-electron chi connectivity index (χ1n) is 6.54. The maximum atomic E-state index is 9.66. The Labute approximate surface area is 109 Å². The van der Waals surface area contributed by atoms with Crippen molar-refractivity contribution < 1.29 is 14.9 Å².